The van der Waals surface area contributed by atoms with E-state index in [1.54, 1.807) is 7.11 Å². The normalized spacial score (nSPS) is 22.2. The fourth-order valence-corrected chi connectivity index (χ4v) is 2.57. The highest BCUT2D eigenvalue weighted by atomic mass is 16.5. The van der Waals surface area contributed by atoms with Crippen LogP contribution in [0.3, 0.4) is 0 Å². The van der Waals surface area contributed by atoms with Gasteiger partial charge in [0.1, 0.15) is 0 Å². The lowest BCUT2D eigenvalue weighted by molar-refractivity contribution is 0.162. The Kier molecular flexibility index (Phi) is 4.24. The van der Waals surface area contributed by atoms with Gasteiger partial charge < -0.3 is 19.9 Å². The Balaban J connectivity index is 2.20. The van der Waals surface area contributed by atoms with Crippen molar-refractivity contribution in [2.75, 3.05) is 31.7 Å². The van der Waals surface area contributed by atoms with Crippen LogP contribution in [-0.2, 0) is 4.74 Å². The van der Waals surface area contributed by atoms with Crippen molar-refractivity contribution >= 4 is 5.95 Å². The molecule has 0 saturated carbocycles. The number of hydrogen-bond donors (Lipinski definition) is 1. The van der Waals surface area contributed by atoms with Gasteiger partial charge >= 0.3 is 0 Å². The fraction of sp³-hybridized carbons (Fsp3) is 0.769. The standard InChI is InChI=1S/C13H24N4O/c1-10-7-17(11(2)9-18-3)13(15-10)16-6-4-5-12(14)8-16/h7,11-12H,4-6,8-9,14H2,1-3H3/t11?,12-/m1/s1. The van der Waals surface area contributed by atoms with Crippen LogP contribution in [0.5, 0.6) is 0 Å². The molecule has 0 aliphatic carbocycles. The summed E-state index contributed by atoms with van der Waals surface area (Å²) in [5, 5.41) is 0. The third-order valence-corrected chi connectivity index (χ3v) is 3.46. The molecule has 5 heteroatoms. The Hall–Kier alpha value is -1.07. The number of hydrogen-bond acceptors (Lipinski definition) is 4. The van der Waals surface area contributed by atoms with Crippen molar-refractivity contribution in [1.82, 2.24) is 9.55 Å². The Labute approximate surface area is 109 Å². The Morgan fingerprint density at radius 3 is 3.06 bits per heavy atom. The molecule has 1 unspecified atom stereocenters. The molecule has 2 heterocycles. The highest BCUT2D eigenvalue weighted by molar-refractivity contribution is 5.35. The third-order valence-electron chi connectivity index (χ3n) is 3.46. The van der Waals surface area contributed by atoms with Crippen molar-refractivity contribution in [3.63, 3.8) is 0 Å². The van der Waals surface area contributed by atoms with Gasteiger partial charge in [0.15, 0.2) is 0 Å². The molecule has 0 amide bonds. The summed E-state index contributed by atoms with van der Waals surface area (Å²) in [6, 6.07) is 0.561. The summed E-state index contributed by atoms with van der Waals surface area (Å²) in [6.07, 6.45) is 4.36. The number of aryl methyl sites for hydroxylation is 1. The minimum atomic E-state index is 0.266. The molecule has 0 aromatic carbocycles. The molecule has 1 aliphatic rings. The fourth-order valence-electron chi connectivity index (χ4n) is 2.57. The summed E-state index contributed by atoms with van der Waals surface area (Å²) in [6.45, 7) is 6.82. The SMILES string of the molecule is COCC(C)n1cc(C)nc1N1CCC[C@@H](N)C1. The maximum atomic E-state index is 6.05. The Morgan fingerprint density at radius 1 is 1.61 bits per heavy atom. The molecule has 1 fully saturated rings. The van der Waals surface area contributed by atoms with Crippen molar-refractivity contribution in [2.45, 2.75) is 38.8 Å². The summed E-state index contributed by atoms with van der Waals surface area (Å²) >= 11 is 0. The molecule has 1 aromatic rings. The highest BCUT2D eigenvalue weighted by Gasteiger charge is 2.22. The second kappa shape index (κ2) is 5.71. The molecule has 0 spiro atoms. The molecule has 2 N–H and O–H groups in total. The van der Waals surface area contributed by atoms with Crippen molar-refractivity contribution < 1.29 is 4.74 Å². The lowest BCUT2D eigenvalue weighted by Crippen LogP contribution is -2.44. The van der Waals surface area contributed by atoms with Crippen molar-refractivity contribution in [1.29, 1.82) is 0 Å². The summed E-state index contributed by atoms with van der Waals surface area (Å²) < 4.78 is 7.44. The van der Waals surface area contributed by atoms with E-state index in [1.165, 1.54) is 0 Å². The highest BCUT2D eigenvalue weighted by Crippen LogP contribution is 2.23. The monoisotopic (exact) mass is 252 g/mol. The first-order valence-corrected chi connectivity index (χ1v) is 6.66. The number of methoxy groups -OCH3 is 1. The van der Waals surface area contributed by atoms with Crippen LogP contribution in [-0.4, -0.2) is 42.4 Å². The second-order valence-electron chi connectivity index (χ2n) is 5.24. The Bertz CT molecular complexity index is 390. The maximum Gasteiger partial charge on any atom is 0.206 e. The van der Waals surface area contributed by atoms with Crippen LogP contribution in [0, 0.1) is 6.92 Å². The van der Waals surface area contributed by atoms with Crippen LogP contribution in [0.15, 0.2) is 6.20 Å². The zero-order valence-corrected chi connectivity index (χ0v) is 11.6. The number of nitrogens with two attached hydrogens (primary N) is 1. The molecule has 1 saturated heterocycles. The van der Waals surface area contributed by atoms with E-state index in [9.17, 15) is 0 Å². The number of anilines is 1. The number of aromatic nitrogens is 2. The van der Waals surface area contributed by atoms with E-state index < -0.39 is 0 Å². The van der Waals surface area contributed by atoms with Crippen LogP contribution >= 0.6 is 0 Å². The maximum absolute atomic E-state index is 6.05. The first kappa shape index (κ1) is 13.4. The lowest BCUT2D eigenvalue weighted by atomic mass is 10.1. The van der Waals surface area contributed by atoms with E-state index in [2.05, 4.69) is 27.6 Å². The van der Waals surface area contributed by atoms with E-state index in [1.807, 2.05) is 6.92 Å². The van der Waals surface area contributed by atoms with Crippen LogP contribution in [0.2, 0.25) is 0 Å². The van der Waals surface area contributed by atoms with Crippen molar-refractivity contribution in [3.05, 3.63) is 11.9 Å². The predicted molar refractivity (Wildman–Crippen MR) is 73.0 cm³/mol. The molecule has 1 aromatic heterocycles. The summed E-state index contributed by atoms with van der Waals surface area (Å²) in [7, 11) is 1.73. The van der Waals surface area contributed by atoms with Gasteiger partial charge in [-0.1, -0.05) is 0 Å². The summed E-state index contributed by atoms with van der Waals surface area (Å²) in [4.78, 5) is 6.95. The average Bonchev–Trinajstić information content (AvgIpc) is 2.72. The molecule has 0 radical (unpaired) electrons. The van der Waals surface area contributed by atoms with Gasteiger partial charge in [-0.15, -0.1) is 0 Å². The molecular formula is C13H24N4O. The zero-order valence-electron chi connectivity index (χ0n) is 11.6. The molecule has 0 bridgehead atoms. The molecule has 1 aliphatic heterocycles. The molecular weight excluding hydrogens is 228 g/mol. The van der Waals surface area contributed by atoms with Crippen molar-refractivity contribution in [2.24, 2.45) is 5.73 Å². The van der Waals surface area contributed by atoms with E-state index >= 15 is 0 Å². The van der Waals surface area contributed by atoms with Gasteiger partial charge in [0.2, 0.25) is 5.95 Å². The minimum absolute atomic E-state index is 0.266. The van der Waals surface area contributed by atoms with E-state index in [4.69, 9.17) is 10.5 Å². The van der Waals surface area contributed by atoms with Gasteiger partial charge in [-0.25, -0.2) is 4.98 Å². The molecule has 18 heavy (non-hydrogen) atoms. The van der Waals surface area contributed by atoms with Crippen LogP contribution in [0.1, 0.15) is 31.5 Å². The van der Waals surface area contributed by atoms with Gasteiger partial charge in [0.25, 0.3) is 0 Å². The lowest BCUT2D eigenvalue weighted by Gasteiger charge is -2.32. The number of imidazole rings is 1. The largest absolute Gasteiger partial charge is 0.383 e. The van der Waals surface area contributed by atoms with Gasteiger partial charge in [-0.3, -0.25) is 0 Å². The van der Waals surface area contributed by atoms with E-state index in [-0.39, 0.29) is 6.04 Å². The van der Waals surface area contributed by atoms with Gasteiger partial charge in [0.05, 0.1) is 18.3 Å². The van der Waals surface area contributed by atoms with Crippen molar-refractivity contribution in [3.8, 4) is 0 Å². The first-order valence-electron chi connectivity index (χ1n) is 6.66. The van der Waals surface area contributed by atoms with Crippen LogP contribution < -0.4 is 10.6 Å². The van der Waals surface area contributed by atoms with E-state index in [0.717, 1.165) is 37.6 Å². The second-order valence-corrected chi connectivity index (χ2v) is 5.24. The van der Waals surface area contributed by atoms with E-state index in [0.29, 0.717) is 12.6 Å². The predicted octanol–water partition coefficient (Wildman–Crippen LogP) is 1.33. The van der Waals surface area contributed by atoms with Gasteiger partial charge in [-0.05, 0) is 26.7 Å². The number of rotatable bonds is 4. The summed E-state index contributed by atoms with van der Waals surface area (Å²) in [5.41, 5.74) is 7.10. The molecule has 5 nitrogen and oxygen atoms in total. The van der Waals surface area contributed by atoms with Crippen LogP contribution in [0.25, 0.3) is 0 Å². The molecule has 102 valence electrons. The number of nitrogens with zero attached hydrogens (tertiary/aromatic N) is 3. The van der Waals surface area contributed by atoms with Crippen LogP contribution in [0.4, 0.5) is 5.95 Å². The first-order chi connectivity index (χ1) is 8.61. The third kappa shape index (κ3) is 2.84. The topological polar surface area (TPSA) is 56.3 Å². The quantitative estimate of drug-likeness (QED) is 0.878. The Morgan fingerprint density at radius 2 is 2.39 bits per heavy atom. The summed E-state index contributed by atoms with van der Waals surface area (Å²) in [5.74, 6) is 1.03. The van der Waals surface area contributed by atoms with Gasteiger partial charge in [-0.2, -0.15) is 0 Å². The molecule has 2 atom stereocenters. The zero-order chi connectivity index (χ0) is 13.1. The average molecular weight is 252 g/mol. The molecule has 2 rings (SSSR count). The number of ether oxygens (including phenoxy) is 1. The number of piperidine rings is 1. The smallest absolute Gasteiger partial charge is 0.206 e. The minimum Gasteiger partial charge on any atom is -0.383 e. The van der Waals surface area contributed by atoms with Gasteiger partial charge in [0, 0.05) is 32.4 Å².